The monoisotopic (exact) mass is 268 g/mol. The smallest absolute Gasteiger partial charge is 0.0236 e. The maximum absolute atomic E-state index is 5.73. The van der Waals surface area contributed by atoms with Gasteiger partial charge < -0.3 is 5.73 Å². The Balaban J connectivity index is 0.00000162. The molecule has 1 aromatic rings. The fourth-order valence-corrected chi connectivity index (χ4v) is 2.68. The molecule has 1 fully saturated rings. The normalized spacial score (nSPS) is 17.4. The van der Waals surface area contributed by atoms with Gasteiger partial charge in [0, 0.05) is 6.54 Å². The highest BCUT2D eigenvalue weighted by Gasteiger charge is 2.18. The predicted octanol–water partition coefficient (Wildman–Crippen LogP) is 2.84. The van der Waals surface area contributed by atoms with Crippen LogP contribution in [-0.2, 0) is 13.0 Å². The standard InChI is InChI=1S/C15H24N2.ClH/c1-2-14-5-3-4-6-15(14)12-17-9-7-13(11-16)8-10-17;/h3-6,13H,2,7-12,16H2,1H3;1H. The number of nitrogens with two attached hydrogens (primary N) is 1. The lowest BCUT2D eigenvalue weighted by Crippen LogP contribution is -2.35. The number of hydrogen-bond acceptors (Lipinski definition) is 2. The van der Waals surface area contributed by atoms with Crippen molar-refractivity contribution >= 4 is 12.4 Å². The van der Waals surface area contributed by atoms with Gasteiger partial charge in [0.25, 0.3) is 0 Å². The quantitative estimate of drug-likeness (QED) is 0.910. The molecule has 0 aromatic heterocycles. The number of nitrogens with zero attached hydrogens (tertiary/aromatic N) is 1. The van der Waals surface area contributed by atoms with E-state index < -0.39 is 0 Å². The van der Waals surface area contributed by atoms with Crippen molar-refractivity contribution in [2.24, 2.45) is 11.7 Å². The minimum absolute atomic E-state index is 0. The Kier molecular flexibility index (Phi) is 6.69. The lowest BCUT2D eigenvalue weighted by Gasteiger charge is -2.31. The molecule has 2 N–H and O–H groups in total. The van der Waals surface area contributed by atoms with Crippen LogP contribution in [0.2, 0.25) is 0 Å². The van der Waals surface area contributed by atoms with Crippen LogP contribution >= 0.6 is 12.4 Å². The van der Waals surface area contributed by atoms with Crippen molar-refractivity contribution < 1.29 is 0 Å². The van der Waals surface area contributed by atoms with Gasteiger partial charge in [0.05, 0.1) is 0 Å². The second-order valence-electron chi connectivity index (χ2n) is 5.08. The molecule has 0 aliphatic carbocycles. The maximum Gasteiger partial charge on any atom is 0.0236 e. The van der Waals surface area contributed by atoms with Crippen molar-refractivity contribution in [3.8, 4) is 0 Å². The van der Waals surface area contributed by atoms with Crippen molar-refractivity contribution in [3.63, 3.8) is 0 Å². The van der Waals surface area contributed by atoms with Gasteiger partial charge in [0.15, 0.2) is 0 Å². The Labute approximate surface area is 117 Å². The van der Waals surface area contributed by atoms with Crippen LogP contribution in [0.25, 0.3) is 0 Å². The Morgan fingerprint density at radius 1 is 1.17 bits per heavy atom. The number of rotatable bonds is 4. The Morgan fingerprint density at radius 3 is 2.33 bits per heavy atom. The van der Waals surface area contributed by atoms with Gasteiger partial charge in [-0.2, -0.15) is 0 Å². The van der Waals surface area contributed by atoms with E-state index in [9.17, 15) is 0 Å². The van der Waals surface area contributed by atoms with Gasteiger partial charge in [0.2, 0.25) is 0 Å². The minimum Gasteiger partial charge on any atom is -0.330 e. The summed E-state index contributed by atoms with van der Waals surface area (Å²) < 4.78 is 0. The molecule has 2 nitrogen and oxygen atoms in total. The van der Waals surface area contributed by atoms with Crippen LogP contribution in [0.4, 0.5) is 0 Å². The van der Waals surface area contributed by atoms with Crippen LogP contribution in [0, 0.1) is 5.92 Å². The third-order valence-corrected chi connectivity index (χ3v) is 3.93. The zero-order chi connectivity index (χ0) is 12.1. The summed E-state index contributed by atoms with van der Waals surface area (Å²) in [6.45, 7) is 6.63. The Hall–Kier alpha value is -0.570. The summed E-state index contributed by atoms with van der Waals surface area (Å²) in [5.41, 5.74) is 8.72. The first-order valence-corrected chi connectivity index (χ1v) is 6.82. The molecule has 18 heavy (non-hydrogen) atoms. The number of benzene rings is 1. The van der Waals surface area contributed by atoms with Crippen LogP contribution in [-0.4, -0.2) is 24.5 Å². The van der Waals surface area contributed by atoms with Crippen molar-refractivity contribution in [2.75, 3.05) is 19.6 Å². The molecule has 0 spiro atoms. The highest BCUT2D eigenvalue weighted by atomic mass is 35.5. The molecular formula is C15H25ClN2. The van der Waals surface area contributed by atoms with Gasteiger partial charge in [-0.25, -0.2) is 0 Å². The Bertz CT molecular complexity index is 346. The van der Waals surface area contributed by atoms with Gasteiger partial charge in [-0.1, -0.05) is 31.2 Å². The topological polar surface area (TPSA) is 29.3 Å². The highest BCUT2D eigenvalue weighted by molar-refractivity contribution is 5.85. The molecular weight excluding hydrogens is 244 g/mol. The number of aryl methyl sites for hydroxylation is 1. The van der Waals surface area contributed by atoms with Gasteiger partial charge in [-0.05, 0) is 55.9 Å². The highest BCUT2D eigenvalue weighted by Crippen LogP contribution is 2.19. The molecule has 102 valence electrons. The number of hydrogen-bond donors (Lipinski definition) is 1. The summed E-state index contributed by atoms with van der Waals surface area (Å²) in [4.78, 5) is 2.57. The molecule has 1 aromatic carbocycles. The molecule has 0 atom stereocenters. The van der Waals surface area contributed by atoms with Crippen molar-refractivity contribution in [2.45, 2.75) is 32.7 Å². The van der Waals surface area contributed by atoms with E-state index in [-0.39, 0.29) is 12.4 Å². The molecule has 0 amide bonds. The summed E-state index contributed by atoms with van der Waals surface area (Å²) in [5, 5.41) is 0. The summed E-state index contributed by atoms with van der Waals surface area (Å²) >= 11 is 0. The molecule has 3 heteroatoms. The third kappa shape index (κ3) is 3.98. The third-order valence-electron chi connectivity index (χ3n) is 3.93. The van der Waals surface area contributed by atoms with E-state index in [1.807, 2.05) is 0 Å². The van der Waals surface area contributed by atoms with Gasteiger partial charge >= 0.3 is 0 Å². The van der Waals surface area contributed by atoms with Crippen molar-refractivity contribution in [3.05, 3.63) is 35.4 Å². The van der Waals surface area contributed by atoms with E-state index in [1.165, 1.54) is 37.1 Å². The van der Waals surface area contributed by atoms with Crippen LogP contribution < -0.4 is 5.73 Å². The van der Waals surface area contributed by atoms with Gasteiger partial charge in [-0.3, -0.25) is 4.90 Å². The largest absolute Gasteiger partial charge is 0.330 e. The lowest BCUT2D eigenvalue weighted by atomic mass is 9.96. The zero-order valence-corrected chi connectivity index (χ0v) is 12.1. The van der Waals surface area contributed by atoms with Crippen LogP contribution in [0.1, 0.15) is 30.9 Å². The van der Waals surface area contributed by atoms with Crippen LogP contribution in [0.15, 0.2) is 24.3 Å². The maximum atomic E-state index is 5.73. The summed E-state index contributed by atoms with van der Waals surface area (Å²) in [5.74, 6) is 0.757. The van der Waals surface area contributed by atoms with Gasteiger partial charge in [-0.15, -0.1) is 12.4 Å². The number of piperidine rings is 1. The minimum atomic E-state index is 0. The van der Waals surface area contributed by atoms with Crippen LogP contribution in [0.5, 0.6) is 0 Å². The number of halogens is 1. The molecule has 1 aliphatic rings. The molecule has 0 bridgehead atoms. The van der Waals surface area contributed by atoms with Crippen LogP contribution in [0.3, 0.4) is 0 Å². The van der Waals surface area contributed by atoms with Crippen molar-refractivity contribution in [1.29, 1.82) is 0 Å². The molecule has 2 rings (SSSR count). The second-order valence-corrected chi connectivity index (χ2v) is 5.08. The molecule has 0 radical (unpaired) electrons. The SMILES string of the molecule is CCc1ccccc1CN1CCC(CN)CC1.Cl. The van der Waals surface area contributed by atoms with E-state index in [4.69, 9.17) is 5.73 Å². The summed E-state index contributed by atoms with van der Waals surface area (Å²) in [6, 6.07) is 8.82. The van der Waals surface area contributed by atoms with Crippen molar-refractivity contribution in [1.82, 2.24) is 4.90 Å². The molecule has 0 unspecified atom stereocenters. The average Bonchev–Trinajstić information content (AvgIpc) is 2.40. The van der Waals surface area contributed by atoms with E-state index in [0.717, 1.165) is 25.4 Å². The fraction of sp³-hybridized carbons (Fsp3) is 0.600. The van der Waals surface area contributed by atoms with E-state index >= 15 is 0 Å². The van der Waals surface area contributed by atoms with Gasteiger partial charge in [0.1, 0.15) is 0 Å². The molecule has 1 heterocycles. The van der Waals surface area contributed by atoms with E-state index in [2.05, 4.69) is 36.1 Å². The zero-order valence-electron chi connectivity index (χ0n) is 11.3. The number of likely N-dealkylation sites (tertiary alicyclic amines) is 1. The van der Waals surface area contributed by atoms with E-state index in [1.54, 1.807) is 0 Å². The fourth-order valence-electron chi connectivity index (χ4n) is 2.68. The first-order chi connectivity index (χ1) is 8.33. The predicted molar refractivity (Wildman–Crippen MR) is 80.1 cm³/mol. The Morgan fingerprint density at radius 2 is 1.78 bits per heavy atom. The second kappa shape index (κ2) is 7.78. The first-order valence-electron chi connectivity index (χ1n) is 6.82. The molecule has 0 saturated carbocycles. The lowest BCUT2D eigenvalue weighted by molar-refractivity contribution is 0.180. The molecule has 1 aliphatic heterocycles. The first kappa shape index (κ1) is 15.5. The summed E-state index contributed by atoms with van der Waals surface area (Å²) in [7, 11) is 0. The van der Waals surface area contributed by atoms with E-state index in [0.29, 0.717) is 0 Å². The summed E-state index contributed by atoms with van der Waals surface area (Å²) in [6.07, 6.45) is 3.67. The average molecular weight is 269 g/mol. The molecule has 1 saturated heterocycles.